The summed E-state index contributed by atoms with van der Waals surface area (Å²) >= 11 is 2.75. The first-order chi connectivity index (χ1) is 11.1. The van der Waals surface area contributed by atoms with E-state index in [4.69, 9.17) is 4.74 Å². The molecule has 1 aromatic carbocycles. The number of thioether (sulfide) groups is 1. The number of aromatic nitrogens is 2. The summed E-state index contributed by atoms with van der Waals surface area (Å²) in [7, 11) is 1.58. The molecule has 1 aromatic heterocycles. The summed E-state index contributed by atoms with van der Waals surface area (Å²) in [6.45, 7) is 6.22. The fraction of sp³-hybridized carbons (Fsp3) is 0.267. The number of rotatable bonds is 8. The fourth-order valence-corrected chi connectivity index (χ4v) is 3.29. The average molecular weight is 350 g/mol. The number of hydrogen-bond donors (Lipinski definition) is 2. The number of hydrogen-bond acceptors (Lipinski definition) is 7. The van der Waals surface area contributed by atoms with E-state index in [0.717, 1.165) is 9.90 Å². The highest BCUT2D eigenvalue weighted by Crippen LogP contribution is 2.27. The molecule has 6 nitrogen and oxygen atoms in total. The van der Waals surface area contributed by atoms with Crippen LogP contribution in [0, 0.1) is 6.92 Å². The number of carbonyl (C=O) groups is 1. The van der Waals surface area contributed by atoms with E-state index in [1.165, 1.54) is 23.1 Å². The minimum atomic E-state index is -0.116. The zero-order chi connectivity index (χ0) is 16.7. The zero-order valence-corrected chi connectivity index (χ0v) is 14.6. The maximum Gasteiger partial charge on any atom is 0.234 e. The lowest BCUT2D eigenvalue weighted by molar-refractivity contribution is -0.113. The van der Waals surface area contributed by atoms with Crippen molar-refractivity contribution in [3.8, 4) is 5.75 Å². The summed E-state index contributed by atoms with van der Waals surface area (Å²) in [6, 6.07) is 5.65. The third kappa shape index (κ3) is 5.26. The van der Waals surface area contributed by atoms with Crippen molar-refractivity contribution in [2.24, 2.45) is 0 Å². The van der Waals surface area contributed by atoms with Gasteiger partial charge in [0, 0.05) is 6.54 Å². The van der Waals surface area contributed by atoms with Gasteiger partial charge < -0.3 is 15.4 Å². The number of carbonyl (C=O) groups excluding carboxylic acids is 1. The number of ether oxygens (including phenoxy) is 1. The molecular formula is C15H18N4O2S2. The van der Waals surface area contributed by atoms with E-state index in [2.05, 4.69) is 27.4 Å². The van der Waals surface area contributed by atoms with Crippen molar-refractivity contribution in [2.45, 2.75) is 11.3 Å². The van der Waals surface area contributed by atoms with Gasteiger partial charge in [-0.15, -0.1) is 16.8 Å². The summed E-state index contributed by atoms with van der Waals surface area (Å²) in [5.74, 6) is 0.781. The van der Waals surface area contributed by atoms with Crippen LogP contribution in [0.4, 0.5) is 10.8 Å². The second-order valence-corrected chi connectivity index (χ2v) is 6.78. The van der Waals surface area contributed by atoms with Crippen LogP contribution in [0.15, 0.2) is 35.2 Å². The molecule has 1 amide bonds. The number of nitrogens with zero attached hydrogens (tertiary/aromatic N) is 2. The number of nitrogens with one attached hydrogen (secondary N) is 2. The minimum absolute atomic E-state index is 0.116. The van der Waals surface area contributed by atoms with Crippen LogP contribution in [0.2, 0.25) is 0 Å². The Morgan fingerprint density at radius 1 is 1.48 bits per heavy atom. The van der Waals surface area contributed by atoms with Gasteiger partial charge in [-0.1, -0.05) is 35.2 Å². The van der Waals surface area contributed by atoms with E-state index in [9.17, 15) is 4.79 Å². The maximum atomic E-state index is 12.1. The van der Waals surface area contributed by atoms with Crippen molar-refractivity contribution >= 4 is 39.8 Å². The molecule has 2 rings (SSSR count). The van der Waals surface area contributed by atoms with E-state index < -0.39 is 0 Å². The highest BCUT2D eigenvalue weighted by Gasteiger charge is 2.10. The molecule has 0 unspecified atom stereocenters. The Labute approximate surface area is 143 Å². The van der Waals surface area contributed by atoms with Gasteiger partial charge in [0.15, 0.2) is 4.34 Å². The minimum Gasteiger partial charge on any atom is -0.495 e. The number of anilines is 2. The van der Waals surface area contributed by atoms with Gasteiger partial charge in [-0.25, -0.2) is 0 Å². The van der Waals surface area contributed by atoms with Crippen LogP contribution in [0.3, 0.4) is 0 Å². The molecule has 122 valence electrons. The third-order valence-corrected chi connectivity index (χ3v) is 4.77. The molecule has 8 heteroatoms. The molecule has 0 aliphatic rings. The van der Waals surface area contributed by atoms with Gasteiger partial charge in [0.2, 0.25) is 11.0 Å². The SMILES string of the molecule is C=CCNc1nnc(SCC(=O)Nc2cc(C)ccc2OC)s1. The Hall–Kier alpha value is -2.06. The van der Waals surface area contributed by atoms with Gasteiger partial charge in [-0.2, -0.15) is 0 Å². The van der Waals surface area contributed by atoms with Crippen LogP contribution >= 0.6 is 23.1 Å². The highest BCUT2D eigenvalue weighted by molar-refractivity contribution is 8.01. The van der Waals surface area contributed by atoms with Gasteiger partial charge in [0.25, 0.3) is 0 Å². The maximum absolute atomic E-state index is 12.1. The molecule has 0 aliphatic carbocycles. The lowest BCUT2D eigenvalue weighted by Gasteiger charge is -2.10. The number of methoxy groups -OCH3 is 1. The second-order valence-electron chi connectivity index (χ2n) is 4.58. The van der Waals surface area contributed by atoms with Gasteiger partial charge >= 0.3 is 0 Å². The van der Waals surface area contributed by atoms with E-state index in [-0.39, 0.29) is 11.7 Å². The molecular weight excluding hydrogens is 332 g/mol. The third-order valence-electron chi connectivity index (χ3n) is 2.76. The Bertz CT molecular complexity index is 688. The van der Waals surface area contributed by atoms with E-state index in [1.54, 1.807) is 13.2 Å². The molecule has 0 fully saturated rings. The Morgan fingerprint density at radius 3 is 3.04 bits per heavy atom. The van der Waals surface area contributed by atoms with Crippen LogP contribution in [-0.4, -0.2) is 35.5 Å². The van der Waals surface area contributed by atoms with E-state index in [1.807, 2.05) is 25.1 Å². The monoisotopic (exact) mass is 350 g/mol. The highest BCUT2D eigenvalue weighted by atomic mass is 32.2. The summed E-state index contributed by atoms with van der Waals surface area (Å²) in [4.78, 5) is 12.1. The number of aryl methyl sites for hydroxylation is 1. The van der Waals surface area contributed by atoms with Crippen molar-refractivity contribution in [2.75, 3.05) is 30.0 Å². The molecule has 0 atom stereocenters. The molecule has 0 spiro atoms. The smallest absolute Gasteiger partial charge is 0.234 e. The van der Waals surface area contributed by atoms with Crippen molar-refractivity contribution in [3.05, 3.63) is 36.4 Å². The van der Waals surface area contributed by atoms with Gasteiger partial charge in [0.1, 0.15) is 5.75 Å². The topological polar surface area (TPSA) is 76.1 Å². The second kappa shape index (κ2) is 8.54. The Balaban J connectivity index is 1.89. The standard InChI is InChI=1S/C15H18N4O2S2/c1-4-7-16-14-18-19-15(23-14)22-9-13(20)17-11-8-10(2)5-6-12(11)21-3/h4-6,8H,1,7,9H2,2-3H3,(H,16,18)(H,17,20). The molecule has 2 aromatic rings. The predicted octanol–water partition coefficient (Wildman–Crippen LogP) is 3.18. The van der Waals surface area contributed by atoms with Gasteiger partial charge in [0.05, 0.1) is 18.6 Å². The molecule has 23 heavy (non-hydrogen) atoms. The van der Waals surface area contributed by atoms with Crippen molar-refractivity contribution in [3.63, 3.8) is 0 Å². The quantitative estimate of drug-likeness (QED) is 0.562. The summed E-state index contributed by atoms with van der Waals surface area (Å²) in [5.41, 5.74) is 1.72. The summed E-state index contributed by atoms with van der Waals surface area (Å²) < 4.78 is 5.99. The number of benzene rings is 1. The molecule has 0 aliphatic heterocycles. The first-order valence-electron chi connectivity index (χ1n) is 6.88. The molecule has 0 saturated heterocycles. The average Bonchev–Trinajstić information content (AvgIpc) is 2.99. The van der Waals surface area contributed by atoms with E-state index in [0.29, 0.717) is 23.1 Å². The zero-order valence-electron chi connectivity index (χ0n) is 13.0. The summed E-state index contributed by atoms with van der Waals surface area (Å²) in [5, 5.41) is 14.6. The predicted molar refractivity (Wildman–Crippen MR) is 95.7 cm³/mol. The van der Waals surface area contributed by atoms with Gasteiger partial charge in [-0.05, 0) is 24.6 Å². The van der Waals surface area contributed by atoms with Crippen molar-refractivity contribution in [1.29, 1.82) is 0 Å². The number of amides is 1. The molecule has 0 radical (unpaired) electrons. The molecule has 0 saturated carbocycles. The Kier molecular flexibility index (Phi) is 6.42. The van der Waals surface area contributed by atoms with Crippen LogP contribution < -0.4 is 15.4 Å². The van der Waals surface area contributed by atoms with Crippen molar-refractivity contribution in [1.82, 2.24) is 10.2 Å². The normalized spacial score (nSPS) is 10.2. The molecule has 0 bridgehead atoms. The largest absolute Gasteiger partial charge is 0.495 e. The lowest BCUT2D eigenvalue weighted by atomic mass is 10.2. The van der Waals surface area contributed by atoms with Crippen LogP contribution in [-0.2, 0) is 4.79 Å². The fourth-order valence-electron chi connectivity index (χ4n) is 1.73. The summed E-state index contributed by atoms with van der Waals surface area (Å²) in [6.07, 6.45) is 1.75. The van der Waals surface area contributed by atoms with Gasteiger partial charge in [-0.3, -0.25) is 4.79 Å². The van der Waals surface area contributed by atoms with Crippen molar-refractivity contribution < 1.29 is 9.53 Å². The molecule has 2 N–H and O–H groups in total. The Morgan fingerprint density at radius 2 is 2.30 bits per heavy atom. The molecule has 1 heterocycles. The first kappa shape index (κ1) is 17.3. The van der Waals surface area contributed by atoms with Crippen LogP contribution in [0.25, 0.3) is 0 Å². The van der Waals surface area contributed by atoms with Crippen LogP contribution in [0.1, 0.15) is 5.56 Å². The lowest BCUT2D eigenvalue weighted by Crippen LogP contribution is -2.14. The van der Waals surface area contributed by atoms with E-state index >= 15 is 0 Å². The van der Waals surface area contributed by atoms with Crippen LogP contribution in [0.5, 0.6) is 5.75 Å². The first-order valence-corrected chi connectivity index (χ1v) is 8.68.